The topological polar surface area (TPSA) is 86.9 Å². The van der Waals surface area contributed by atoms with E-state index in [1.165, 1.54) is 0 Å². The van der Waals surface area contributed by atoms with Crippen molar-refractivity contribution in [1.82, 2.24) is 20.8 Å². The molecule has 0 saturated carbocycles. The van der Waals surface area contributed by atoms with E-state index in [-0.39, 0.29) is 11.8 Å². The quantitative estimate of drug-likeness (QED) is 0.295. The molecule has 31 heavy (non-hydrogen) atoms. The molecule has 0 aliphatic heterocycles. The molecule has 0 atom stereocenters. The van der Waals surface area contributed by atoms with Gasteiger partial charge in [0.15, 0.2) is 5.16 Å². The Kier molecular flexibility index (Phi) is 6.59. The first-order chi connectivity index (χ1) is 15.1. The molecule has 4 aromatic rings. The number of carbonyl (C=O) groups is 2. The minimum Gasteiger partial charge on any atom is -0.333 e. The smallest absolute Gasteiger partial charge is 0.269 e. The molecule has 0 unspecified atom stereocenters. The minimum absolute atomic E-state index is 0.361. The Hall–Kier alpha value is -3.23. The second kappa shape index (κ2) is 9.72. The number of carbonyl (C=O) groups excluding carboxylic acids is 2. The SMILES string of the molecule is CSc1ccc(C(=O)NNC(=O)c2ccc(CSc3nc4ccccc4[nH]3)cc2)cc1. The molecule has 3 N–H and O–H groups in total. The monoisotopic (exact) mass is 448 g/mol. The second-order valence-corrected chi connectivity index (χ2v) is 8.53. The van der Waals surface area contributed by atoms with Gasteiger partial charge in [-0.15, -0.1) is 11.8 Å². The highest BCUT2D eigenvalue weighted by atomic mass is 32.2. The van der Waals surface area contributed by atoms with Crippen LogP contribution in [0, 0.1) is 0 Å². The lowest BCUT2D eigenvalue weighted by Crippen LogP contribution is -2.41. The molecule has 0 bridgehead atoms. The summed E-state index contributed by atoms with van der Waals surface area (Å²) in [4.78, 5) is 33.4. The molecule has 0 saturated heterocycles. The molecule has 8 heteroatoms. The van der Waals surface area contributed by atoms with Crippen molar-refractivity contribution in [1.29, 1.82) is 0 Å². The van der Waals surface area contributed by atoms with Gasteiger partial charge in [0.25, 0.3) is 11.8 Å². The van der Waals surface area contributed by atoms with Gasteiger partial charge in [-0.2, -0.15) is 0 Å². The van der Waals surface area contributed by atoms with Gasteiger partial charge in [0, 0.05) is 21.8 Å². The van der Waals surface area contributed by atoms with Crippen molar-refractivity contribution < 1.29 is 9.59 Å². The van der Waals surface area contributed by atoms with Gasteiger partial charge < -0.3 is 4.98 Å². The normalized spacial score (nSPS) is 10.7. The van der Waals surface area contributed by atoms with E-state index in [0.29, 0.717) is 11.1 Å². The number of H-pyrrole nitrogens is 1. The number of aromatic amines is 1. The van der Waals surface area contributed by atoms with Gasteiger partial charge in [-0.25, -0.2) is 4.98 Å². The summed E-state index contributed by atoms with van der Waals surface area (Å²) in [5.74, 6) is -0.00440. The summed E-state index contributed by atoms with van der Waals surface area (Å²) in [6.45, 7) is 0. The Morgan fingerprint density at radius 3 is 2.10 bits per heavy atom. The first kappa shape index (κ1) is 21.0. The number of rotatable bonds is 6. The first-order valence-electron chi connectivity index (χ1n) is 9.53. The van der Waals surface area contributed by atoms with Crippen LogP contribution < -0.4 is 10.9 Å². The van der Waals surface area contributed by atoms with E-state index in [1.54, 1.807) is 47.8 Å². The molecule has 0 spiro atoms. The highest BCUT2D eigenvalue weighted by molar-refractivity contribution is 7.98. The molecule has 4 rings (SSSR count). The number of amides is 2. The number of benzene rings is 3. The van der Waals surface area contributed by atoms with Crippen LogP contribution >= 0.6 is 23.5 Å². The molecule has 0 fully saturated rings. The molecule has 1 aromatic heterocycles. The van der Waals surface area contributed by atoms with Crippen LogP contribution in [0.5, 0.6) is 0 Å². The van der Waals surface area contributed by atoms with Crippen molar-refractivity contribution in [2.45, 2.75) is 15.8 Å². The van der Waals surface area contributed by atoms with Crippen LogP contribution in [0.2, 0.25) is 0 Å². The Balaban J connectivity index is 1.29. The number of para-hydroxylation sites is 2. The van der Waals surface area contributed by atoms with Crippen LogP contribution in [-0.4, -0.2) is 28.0 Å². The van der Waals surface area contributed by atoms with E-state index in [2.05, 4.69) is 20.8 Å². The number of imidazole rings is 1. The minimum atomic E-state index is -0.370. The molecular formula is C23H20N4O2S2. The van der Waals surface area contributed by atoms with Gasteiger partial charge >= 0.3 is 0 Å². The fourth-order valence-corrected chi connectivity index (χ4v) is 4.15. The summed E-state index contributed by atoms with van der Waals surface area (Å²) in [7, 11) is 0. The Bertz CT molecular complexity index is 1170. The fourth-order valence-electron chi connectivity index (χ4n) is 2.90. The van der Waals surface area contributed by atoms with Crippen LogP contribution in [-0.2, 0) is 5.75 Å². The van der Waals surface area contributed by atoms with E-state index < -0.39 is 0 Å². The lowest BCUT2D eigenvalue weighted by molar-refractivity contribution is 0.0846. The molecule has 0 aliphatic carbocycles. The third-order valence-corrected chi connectivity index (χ3v) is 6.29. The number of hydrogen-bond acceptors (Lipinski definition) is 5. The van der Waals surface area contributed by atoms with Gasteiger partial charge in [0.2, 0.25) is 0 Å². The number of fused-ring (bicyclic) bond motifs is 1. The predicted octanol–water partition coefficient (Wildman–Crippen LogP) is 4.65. The Labute approximate surface area is 188 Å². The number of thioether (sulfide) groups is 2. The predicted molar refractivity (Wildman–Crippen MR) is 125 cm³/mol. The van der Waals surface area contributed by atoms with Crippen molar-refractivity contribution in [3.05, 3.63) is 89.5 Å². The van der Waals surface area contributed by atoms with Gasteiger partial charge in [-0.3, -0.25) is 20.4 Å². The lowest BCUT2D eigenvalue weighted by atomic mass is 10.1. The summed E-state index contributed by atoms with van der Waals surface area (Å²) >= 11 is 3.20. The molecular weight excluding hydrogens is 428 g/mol. The van der Waals surface area contributed by atoms with Crippen molar-refractivity contribution >= 4 is 46.4 Å². The first-order valence-corrected chi connectivity index (χ1v) is 11.7. The average Bonchev–Trinajstić information content (AvgIpc) is 3.24. The largest absolute Gasteiger partial charge is 0.333 e. The Morgan fingerprint density at radius 1 is 0.871 bits per heavy atom. The lowest BCUT2D eigenvalue weighted by Gasteiger charge is -2.08. The standard InChI is InChI=1S/C23H20N4O2S2/c1-30-18-12-10-17(11-13-18)22(29)27-26-21(28)16-8-6-15(7-9-16)14-31-23-24-19-4-2-3-5-20(19)25-23/h2-13H,14H2,1H3,(H,24,25)(H,26,28)(H,27,29). The number of hydrazine groups is 1. The van der Waals surface area contributed by atoms with Crippen LogP contribution in [0.25, 0.3) is 11.0 Å². The number of nitrogens with zero attached hydrogens (tertiary/aromatic N) is 1. The number of nitrogens with one attached hydrogen (secondary N) is 3. The molecule has 6 nitrogen and oxygen atoms in total. The van der Waals surface area contributed by atoms with Crippen LogP contribution in [0.4, 0.5) is 0 Å². The van der Waals surface area contributed by atoms with Crippen LogP contribution in [0.3, 0.4) is 0 Å². The van der Waals surface area contributed by atoms with Crippen LogP contribution in [0.15, 0.2) is 82.8 Å². The summed E-state index contributed by atoms with van der Waals surface area (Å²) < 4.78 is 0. The molecule has 0 aliphatic rings. The maximum Gasteiger partial charge on any atom is 0.269 e. The van der Waals surface area contributed by atoms with Gasteiger partial charge in [-0.1, -0.05) is 36.0 Å². The summed E-state index contributed by atoms with van der Waals surface area (Å²) in [5.41, 5.74) is 8.88. The van der Waals surface area contributed by atoms with E-state index in [1.807, 2.05) is 54.8 Å². The summed E-state index contributed by atoms with van der Waals surface area (Å²) in [6, 6.07) is 22.4. The maximum atomic E-state index is 12.3. The van der Waals surface area contributed by atoms with Crippen molar-refractivity contribution in [3.63, 3.8) is 0 Å². The van der Waals surface area contributed by atoms with Gasteiger partial charge in [-0.05, 0) is 60.4 Å². The highest BCUT2D eigenvalue weighted by Gasteiger charge is 2.10. The number of aromatic nitrogens is 2. The van der Waals surface area contributed by atoms with E-state index in [9.17, 15) is 9.59 Å². The van der Waals surface area contributed by atoms with Crippen molar-refractivity contribution in [2.24, 2.45) is 0 Å². The zero-order valence-corrected chi connectivity index (χ0v) is 18.3. The van der Waals surface area contributed by atoms with E-state index >= 15 is 0 Å². The van der Waals surface area contributed by atoms with E-state index in [0.717, 1.165) is 32.4 Å². The fraction of sp³-hybridized carbons (Fsp3) is 0.0870. The third-order valence-electron chi connectivity index (χ3n) is 4.60. The van der Waals surface area contributed by atoms with Gasteiger partial charge in [0.1, 0.15) is 0 Å². The number of hydrogen-bond donors (Lipinski definition) is 3. The highest BCUT2D eigenvalue weighted by Crippen LogP contribution is 2.23. The Morgan fingerprint density at radius 2 is 1.48 bits per heavy atom. The van der Waals surface area contributed by atoms with Crippen molar-refractivity contribution in [2.75, 3.05) is 6.26 Å². The van der Waals surface area contributed by atoms with Gasteiger partial charge in [0.05, 0.1) is 11.0 Å². The average molecular weight is 449 g/mol. The molecule has 1 heterocycles. The molecule has 2 amide bonds. The third kappa shape index (κ3) is 5.28. The van der Waals surface area contributed by atoms with E-state index in [4.69, 9.17) is 0 Å². The molecule has 0 radical (unpaired) electrons. The van der Waals surface area contributed by atoms with Crippen LogP contribution in [0.1, 0.15) is 26.3 Å². The zero-order valence-electron chi connectivity index (χ0n) is 16.7. The summed E-state index contributed by atoms with van der Waals surface area (Å²) in [5, 5.41) is 0.858. The second-order valence-electron chi connectivity index (χ2n) is 6.68. The maximum absolute atomic E-state index is 12.3. The molecule has 156 valence electrons. The summed E-state index contributed by atoms with van der Waals surface area (Å²) in [6.07, 6.45) is 1.97. The molecule has 3 aromatic carbocycles. The zero-order chi connectivity index (χ0) is 21.6. The van der Waals surface area contributed by atoms with Crippen molar-refractivity contribution in [3.8, 4) is 0 Å².